The Morgan fingerprint density at radius 3 is 2.88 bits per heavy atom. The van der Waals surface area contributed by atoms with Crippen LogP contribution in [0, 0.1) is 16.0 Å². The molecule has 2 heterocycles. The van der Waals surface area contributed by atoms with Crippen LogP contribution in [0.3, 0.4) is 0 Å². The van der Waals surface area contributed by atoms with Gasteiger partial charge in [0.1, 0.15) is 16.8 Å². The van der Waals surface area contributed by atoms with Crippen LogP contribution >= 0.6 is 0 Å². The van der Waals surface area contributed by atoms with Gasteiger partial charge in [-0.3, -0.25) is 14.9 Å². The van der Waals surface area contributed by atoms with Gasteiger partial charge in [0.05, 0.1) is 12.0 Å². The number of nitro groups is 1. The number of nitrogens with zero attached hydrogens (tertiary/aromatic N) is 1. The maximum Gasteiger partial charge on any atom is 0.433 e. The Kier molecular flexibility index (Phi) is 3.10. The average Bonchev–Trinajstić information content (AvgIpc) is 2.78. The highest BCUT2D eigenvalue weighted by atomic mass is 16.6. The van der Waals surface area contributed by atoms with E-state index in [2.05, 4.69) is 0 Å². The first-order chi connectivity index (χ1) is 8.09. The van der Waals surface area contributed by atoms with Gasteiger partial charge in [-0.1, -0.05) is 0 Å². The SMILES string of the molecule is O=C(O)C1CCCOC1c1ccc([N+](=O)[O-])o1. The first kappa shape index (κ1) is 11.6. The van der Waals surface area contributed by atoms with E-state index in [1.54, 1.807) is 0 Å². The molecule has 0 bridgehead atoms. The number of carboxylic acids is 1. The smallest absolute Gasteiger partial charge is 0.433 e. The molecule has 0 radical (unpaired) electrons. The first-order valence-corrected chi connectivity index (χ1v) is 5.18. The zero-order valence-electron chi connectivity index (χ0n) is 8.87. The molecule has 17 heavy (non-hydrogen) atoms. The highest BCUT2D eigenvalue weighted by Crippen LogP contribution is 2.35. The molecular weight excluding hydrogens is 230 g/mol. The van der Waals surface area contributed by atoms with E-state index in [4.69, 9.17) is 14.3 Å². The minimum Gasteiger partial charge on any atom is -0.481 e. The third-order valence-corrected chi connectivity index (χ3v) is 2.71. The summed E-state index contributed by atoms with van der Waals surface area (Å²) in [7, 11) is 0. The molecule has 1 aromatic heterocycles. The lowest BCUT2D eigenvalue weighted by molar-refractivity contribution is -0.402. The fraction of sp³-hybridized carbons (Fsp3) is 0.500. The van der Waals surface area contributed by atoms with Gasteiger partial charge in [0.25, 0.3) is 0 Å². The van der Waals surface area contributed by atoms with Crippen LogP contribution < -0.4 is 0 Å². The van der Waals surface area contributed by atoms with E-state index in [1.165, 1.54) is 12.1 Å². The van der Waals surface area contributed by atoms with Gasteiger partial charge >= 0.3 is 11.9 Å². The van der Waals surface area contributed by atoms with Crippen molar-refractivity contribution in [2.24, 2.45) is 5.92 Å². The molecule has 1 fully saturated rings. The predicted octanol–water partition coefficient (Wildman–Crippen LogP) is 1.74. The molecular formula is C10H11NO6. The summed E-state index contributed by atoms with van der Waals surface area (Å²) in [4.78, 5) is 20.8. The number of ether oxygens (including phenoxy) is 1. The molecule has 7 nitrogen and oxygen atoms in total. The molecule has 1 aliphatic heterocycles. The summed E-state index contributed by atoms with van der Waals surface area (Å²) in [5, 5.41) is 19.5. The minimum atomic E-state index is -0.978. The molecule has 0 spiro atoms. The van der Waals surface area contributed by atoms with Crippen LogP contribution in [0.4, 0.5) is 5.88 Å². The Labute approximate surface area is 96.1 Å². The lowest BCUT2D eigenvalue weighted by Gasteiger charge is -2.26. The Balaban J connectivity index is 2.23. The summed E-state index contributed by atoms with van der Waals surface area (Å²) < 4.78 is 10.3. The van der Waals surface area contributed by atoms with Gasteiger partial charge in [0.15, 0.2) is 0 Å². The number of carboxylic acid groups (broad SMARTS) is 1. The molecule has 1 saturated heterocycles. The van der Waals surface area contributed by atoms with E-state index in [0.29, 0.717) is 19.4 Å². The molecule has 1 N–H and O–H groups in total. The van der Waals surface area contributed by atoms with Crippen LogP contribution in [0.15, 0.2) is 16.5 Å². The largest absolute Gasteiger partial charge is 0.481 e. The van der Waals surface area contributed by atoms with Crippen molar-refractivity contribution in [1.29, 1.82) is 0 Å². The summed E-state index contributed by atoms with van der Waals surface area (Å²) in [6, 6.07) is 2.59. The second kappa shape index (κ2) is 4.54. The fourth-order valence-electron chi connectivity index (χ4n) is 1.91. The number of hydrogen-bond donors (Lipinski definition) is 1. The lowest BCUT2D eigenvalue weighted by atomic mass is 9.93. The van der Waals surface area contributed by atoms with Gasteiger partial charge in [-0.25, -0.2) is 0 Å². The van der Waals surface area contributed by atoms with Crippen LogP contribution in [-0.4, -0.2) is 22.6 Å². The Morgan fingerprint density at radius 2 is 2.29 bits per heavy atom. The lowest BCUT2D eigenvalue weighted by Crippen LogP contribution is -2.28. The van der Waals surface area contributed by atoms with Crippen molar-refractivity contribution in [3.63, 3.8) is 0 Å². The maximum absolute atomic E-state index is 11.0. The first-order valence-electron chi connectivity index (χ1n) is 5.18. The van der Waals surface area contributed by atoms with Crippen molar-refractivity contribution in [2.75, 3.05) is 6.61 Å². The van der Waals surface area contributed by atoms with Crippen LogP contribution in [-0.2, 0) is 9.53 Å². The Bertz CT molecular complexity index is 440. The monoisotopic (exact) mass is 241 g/mol. The zero-order valence-corrected chi connectivity index (χ0v) is 8.87. The van der Waals surface area contributed by atoms with Gasteiger partial charge in [-0.2, -0.15) is 0 Å². The topological polar surface area (TPSA) is 103 Å². The van der Waals surface area contributed by atoms with Gasteiger partial charge in [-0.05, 0) is 18.9 Å². The summed E-state index contributed by atoms with van der Waals surface area (Å²) >= 11 is 0. The van der Waals surface area contributed by atoms with E-state index in [9.17, 15) is 14.9 Å². The molecule has 0 saturated carbocycles. The highest BCUT2D eigenvalue weighted by Gasteiger charge is 2.35. The van der Waals surface area contributed by atoms with Gasteiger partial charge < -0.3 is 14.3 Å². The van der Waals surface area contributed by atoms with Crippen molar-refractivity contribution in [1.82, 2.24) is 0 Å². The molecule has 2 unspecified atom stereocenters. The van der Waals surface area contributed by atoms with Crippen LogP contribution in [0.5, 0.6) is 0 Å². The quantitative estimate of drug-likeness (QED) is 0.638. The number of rotatable bonds is 3. The van der Waals surface area contributed by atoms with E-state index in [1.807, 2.05) is 0 Å². The molecule has 1 aliphatic rings. The van der Waals surface area contributed by atoms with E-state index in [0.717, 1.165) is 0 Å². The number of furan rings is 1. The van der Waals surface area contributed by atoms with Crippen molar-refractivity contribution in [2.45, 2.75) is 18.9 Å². The molecule has 0 aliphatic carbocycles. The van der Waals surface area contributed by atoms with Gasteiger partial charge in [0.2, 0.25) is 0 Å². The van der Waals surface area contributed by atoms with Gasteiger partial charge in [-0.15, -0.1) is 0 Å². The van der Waals surface area contributed by atoms with Crippen molar-refractivity contribution >= 4 is 11.9 Å². The van der Waals surface area contributed by atoms with E-state index < -0.39 is 28.8 Å². The zero-order chi connectivity index (χ0) is 12.4. The highest BCUT2D eigenvalue weighted by molar-refractivity contribution is 5.71. The molecule has 2 atom stereocenters. The van der Waals surface area contributed by atoms with Crippen molar-refractivity contribution in [3.8, 4) is 0 Å². The van der Waals surface area contributed by atoms with Crippen LogP contribution in [0.25, 0.3) is 0 Å². The summed E-state index contributed by atoms with van der Waals surface area (Å²) in [6.45, 7) is 0.433. The average molecular weight is 241 g/mol. The third kappa shape index (κ3) is 2.28. The van der Waals surface area contributed by atoms with E-state index in [-0.39, 0.29) is 5.76 Å². The summed E-state index contributed by atoms with van der Waals surface area (Å²) in [5.41, 5.74) is 0. The molecule has 7 heteroatoms. The third-order valence-electron chi connectivity index (χ3n) is 2.71. The standard InChI is InChI=1S/C10H11NO6/c12-10(13)6-2-1-5-16-9(6)7-3-4-8(17-7)11(14)15/h3-4,6,9H,1-2,5H2,(H,12,13). The van der Waals surface area contributed by atoms with Crippen molar-refractivity contribution < 1.29 is 24.0 Å². The molecule has 2 rings (SSSR count). The maximum atomic E-state index is 11.0. The number of carbonyl (C=O) groups is 1. The summed E-state index contributed by atoms with van der Waals surface area (Å²) in [6.07, 6.45) is 0.403. The van der Waals surface area contributed by atoms with Crippen molar-refractivity contribution in [3.05, 3.63) is 28.0 Å². The Hall–Kier alpha value is -1.89. The molecule has 1 aromatic rings. The molecule has 0 aromatic carbocycles. The minimum absolute atomic E-state index is 0.198. The second-order valence-electron chi connectivity index (χ2n) is 3.81. The van der Waals surface area contributed by atoms with E-state index >= 15 is 0 Å². The van der Waals surface area contributed by atoms with Crippen LogP contribution in [0.1, 0.15) is 24.7 Å². The normalized spacial score (nSPS) is 24.5. The molecule has 0 amide bonds. The number of aliphatic carboxylic acids is 1. The van der Waals surface area contributed by atoms with Gasteiger partial charge in [0, 0.05) is 6.61 Å². The summed E-state index contributed by atoms with van der Waals surface area (Å²) in [5.74, 6) is -1.90. The number of hydrogen-bond acceptors (Lipinski definition) is 5. The predicted molar refractivity (Wildman–Crippen MR) is 54.4 cm³/mol. The van der Waals surface area contributed by atoms with Crippen LogP contribution in [0.2, 0.25) is 0 Å². The Morgan fingerprint density at radius 1 is 1.53 bits per heavy atom. The fourth-order valence-corrected chi connectivity index (χ4v) is 1.91. The second-order valence-corrected chi connectivity index (χ2v) is 3.81. The molecule has 92 valence electrons.